The number of benzene rings is 2. The molecule has 2 aromatic carbocycles. The van der Waals surface area contributed by atoms with Gasteiger partial charge < -0.3 is 15.0 Å². The average Bonchev–Trinajstić information content (AvgIpc) is 3.23. The summed E-state index contributed by atoms with van der Waals surface area (Å²) >= 11 is 6.47. The van der Waals surface area contributed by atoms with E-state index in [1.165, 1.54) is 11.8 Å². The second-order valence-electron chi connectivity index (χ2n) is 6.46. The molecule has 0 radical (unpaired) electrons. The van der Waals surface area contributed by atoms with Crippen molar-refractivity contribution in [2.24, 2.45) is 0 Å². The fourth-order valence-corrected chi connectivity index (χ4v) is 4.95. The molecule has 5 nitrogen and oxygen atoms in total. The molecule has 0 bridgehead atoms. The summed E-state index contributed by atoms with van der Waals surface area (Å²) in [7, 11) is 0. The van der Waals surface area contributed by atoms with Crippen molar-refractivity contribution in [3.8, 4) is 11.3 Å². The number of para-hydroxylation sites is 2. The van der Waals surface area contributed by atoms with Crippen LogP contribution in [0.4, 0.5) is 11.4 Å². The fraction of sp³-hybridized carbons (Fsp3) is 0.238. The largest absolute Gasteiger partial charge is 0.378 e. The Morgan fingerprint density at radius 1 is 1.17 bits per heavy atom. The van der Waals surface area contributed by atoms with E-state index in [0.29, 0.717) is 19.0 Å². The second kappa shape index (κ2) is 9.75. The highest BCUT2D eigenvalue weighted by Crippen LogP contribution is 2.30. The van der Waals surface area contributed by atoms with Gasteiger partial charge in [-0.2, -0.15) is 0 Å². The third-order valence-corrected chi connectivity index (χ3v) is 7.03. The molecule has 150 valence electrons. The summed E-state index contributed by atoms with van der Waals surface area (Å²) in [5, 5.41) is 5.08. The van der Waals surface area contributed by atoms with Gasteiger partial charge in [0.2, 0.25) is 5.91 Å². The number of hydrogen-bond acceptors (Lipinski definition) is 6. The Labute approximate surface area is 186 Å². The molecule has 4 rings (SSSR count). The lowest BCUT2D eigenvalue weighted by Gasteiger charge is -2.30. The quantitative estimate of drug-likeness (QED) is 0.485. The maximum Gasteiger partial charge on any atom is 0.234 e. The number of nitrogens with zero attached hydrogens (tertiary/aromatic N) is 2. The van der Waals surface area contributed by atoms with Crippen molar-refractivity contribution in [1.82, 2.24) is 4.98 Å². The number of thioether (sulfide) groups is 1. The summed E-state index contributed by atoms with van der Waals surface area (Å²) in [6.45, 7) is 3.09. The molecule has 0 atom stereocenters. The van der Waals surface area contributed by atoms with E-state index in [2.05, 4.69) is 31.1 Å². The van der Waals surface area contributed by atoms with Crippen LogP contribution in [0.3, 0.4) is 0 Å². The minimum absolute atomic E-state index is 0.0314. The average molecular weight is 490 g/mol. The zero-order valence-electron chi connectivity index (χ0n) is 15.6. The molecular weight excluding hydrogens is 470 g/mol. The van der Waals surface area contributed by atoms with E-state index >= 15 is 0 Å². The number of nitrogens with one attached hydrogen (secondary N) is 1. The van der Waals surface area contributed by atoms with E-state index in [9.17, 15) is 4.79 Å². The van der Waals surface area contributed by atoms with Crippen LogP contribution in [0.5, 0.6) is 0 Å². The van der Waals surface area contributed by atoms with Crippen LogP contribution in [0.15, 0.2) is 62.7 Å². The predicted octanol–water partition coefficient (Wildman–Crippen LogP) is 5.14. The van der Waals surface area contributed by atoms with Crippen LogP contribution < -0.4 is 10.2 Å². The highest BCUT2D eigenvalue weighted by atomic mass is 79.9. The zero-order valence-corrected chi connectivity index (χ0v) is 18.9. The van der Waals surface area contributed by atoms with E-state index in [4.69, 9.17) is 4.74 Å². The minimum atomic E-state index is -0.0314. The standard InChI is InChI=1S/C21H20BrN3O2S2/c22-16-7-5-15(6-8-16)18-13-28-21(24-18)29-14-20(26)23-17-3-1-2-4-19(17)25-9-11-27-12-10-25/h1-8,13H,9-12,14H2,(H,23,26). The summed E-state index contributed by atoms with van der Waals surface area (Å²) in [6, 6.07) is 16.0. The molecule has 29 heavy (non-hydrogen) atoms. The van der Waals surface area contributed by atoms with Gasteiger partial charge >= 0.3 is 0 Å². The molecule has 1 aliphatic heterocycles. The van der Waals surface area contributed by atoms with Gasteiger partial charge in [0.25, 0.3) is 0 Å². The molecule has 1 aromatic heterocycles. The number of amides is 1. The molecule has 2 heterocycles. The first-order valence-electron chi connectivity index (χ1n) is 9.25. The van der Waals surface area contributed by atoms with Crippen molar-refractivity contribution in [2.75, 3.05) is 42.3 Å². The van der Waals surface area contributed by atoms with Crippen LogP contribution in [-0.4, -0.2) is 42.9 Å². The number of rotatable bonds is 6. The Hall–Kier alpha value is -1.87. The van der Waals surface area contributed by atoms with Crippen molar-refractivity contribution >= 4 is 56.3 Å². The zero-order chi connectivity index (χ0) is 20.1. The van der Waals surface area contributed by atoms with Gasteiger partial charge in [-0.15, -0.1) is 11.3 Å². The van der Waals surface area contributed by atoms with Crippen molar-refractivity contribution in [1.29, 1.82) is 0 Å². The number of anilines is 2. The third kappa shape index (κ3) is 5.39. The van der Waals surface area contributed by atoms with Crippen LogP contribution >= 0.6 is 39.0 Å². The van der Waals surface area contributed by atoms with E-state index in [1.807, 2.05) is 53.9 Å². The van der Waals surface area contributed by atoms with Crippen molar-refractivity contribution in [2.45, 2.75) is 4.34 Å². The molecule has 0 saturated carbocycles. The molecule has 1 amide bonds. The Morgan fingerprint density at radius 3 is 2.72 bits per heavy atom. The first-order chi connectivity index (χ1) is 14.2. The Balaban J connectivity index is 1.36. The van der Waals surface area contributed by atoms with Crippen molar-refractivity contribution < 1.29 is 9.53 Å². The predicted molar refractivity (Wildman–Crippen MR) is 124 cm³/mol. The van der Waals surface area contributed by atoms with Gasteiger partial charge in [-0.3, -0.25) is 4.79 Å². The highest BCUT2D eigenvalue weighted by molar-refractivity contribution is 9.10. The number of carbonyl (C=O) groups is 1. The maximum atomic E-state index is 12.5. The van der Waals surface area contributed by atoms with Gasteiger partial charge in [0, 0.05) is 28.5 Å². The van der Waals surface area contributed by atoms with E-state index in [0.717, 1.165) is 44.5 Å². The molecule has 0 spiro atoms. The lowest BCUT2D eigenvalue weighted by atomic mass is 10.2. The maximum absolute atomic E-state index is 12.5. The highest BCUT2D eigenvalue weighted by Gasteiger charge is 2.16. The van der Waals surface area contributed by atoms with Gasteiger partial charge in [-0.25, -0.2) is 4.98 Å². The molecule has 1 saturated heterocycles. The van der Waals surface area contributed by atoms with Crippen LogP contribution in [0.1, 0.15) is 0 Å². The topological polar surface area (TPSA) is 54.5 Å². The summed E-state index contributed by atoms with van der Waals surface area (Å²) in [5.74, 6) is 0.293. The van der Waals surface area contributed by atoms with Gasteiger partial charge in [0.05, 0.1) is 36.0 Å². The third-order valence-electron chi connectivity index (χ3n) is 4.48. The number of hydrogen-bond donors (Lipinski definition) is 1. The van der Waals surface area contributed by atoms with E-state index in [1.54, 1.807) is 11.3 Å². The fourth-order valence-electron chi connectivity index (χ4n) is 3.05. The molecular formula is C21H20BrN3O2S2. The molecule has 8 heteroatoms. The van der Waals surface area contributed by atoms with Crippen molar-refractivity contribution in [3.63, 3.8) is 0 Å². The van der Waals surface area contributed by atoms with Crippen molar-refractivity contribution in [3.05, 3.63) is 58.4 Å². The van der Waals surface area contributed by atoms with Crippen LogP contribution in [0, 0.1) is 0 Å². The lowest BCUT2D eigenvalue weighted by molar-refractivity contribution is -0.113. The molecule has 1 N–H and O–H groups in total. The first kappa shape index (κ1) is 20.4. The lowest BCUT2D eigenvalue weighted by Crippen LogP contribution is -2.36. The molecule has 3 aromatic rings. The van der Waals surface area contributed by atoms with Gasteiger partial charge in [0.1, 0.15) is 0 Å². The number of halogens is 1. The number of morpholine rings is 1. The first-order valence-corrected chi connectivity index (χ1v) is 11.9. The number of ether oxygens (including phenoxy) is 1. The van der Waals surface area contributed by atoms with E-state index in [-0.39, 0.29) is 5.91 Å². The molecule has 1 fully saturated rings. The van der Waals surface area contributed by atoms with Crippen LogP contribution in [-0.2, 0) is 9.53 Å². The number of carbonyl (C=O) groups excluding carboxylic acids is 1. The van der Waals surface area contributed by atoms with Crippen LogP contribution in [0.2, 0.25) is 0 Å². The van der Waals surface area contributed by atoms with Gasteiger partial charge in [-0.1, -0.05) is 52.0 Å². The summed E-state index contributed by atoms with van der Waals surface area (Å²) in [5.41, 5.74) is 3.89. The number of aromatic nitrogens is 1. The normalized spacial score (nSPS) is 14.0. The molecule has 0 aliphatic carbocycles. The number of thiazole rings is 1. The monoisotopic (exact) mass is 489 g/mol. The Morgan fingerprint density at radius 2 is 1.93 bits per heavy atom. The second-order valence-corrected chi connectivity index (χ2v) is 9.46. The Bertz CT molecular complexity index is 972. The van der Waals surface area contributed by atoms with E-state index < -0.39 is 0 Å². The van der Waals surface area contributed by atoms with Gasteiger partial charge in [0.15, 0.2) is 4.34 Å². The van der Waals surface area contributed by atoms with Gasteiger partial charge in [-0.05, 0) is 24.3 Å². The summed E-state index contributed by atoms with van der Waals surface area (Å²) in [4.78, 5) is 19.4. The minimum Gasteiger partial charge on any atom is -0.378 e. The molecule has 1 aliphatic rings. The summed E-state index contributed by atoms with van der Waals surface area (Å²) < 4.78 is 7.36. The smallest absolute Gasteiger partial charge is 0.234 e. The van der Waals surface area contributed by atoms with Crippen LogP contribution in [0.25, 0.3) is 11.3 Å². The Kier molecular flexibility index (Phi) is 6.86. The molecule has 0 unspecified atom stereocenters. The summed E-state index contributed by atoms with van der Waals surface area (Å²) in [6.07, 6.45) is 0. The SMILES string of the molecule is O=C(CSc1nc(-c2ccc(Br)cc2)cs1)Nc1ccccc1N1CCOCC1.